The fraction of sp³-hybridized carbons (Fsp3) is 0.462. The Morgan fingerprint density at radius 3 is 2.68 bits per heavy atom. The molecule has 0 radical (unpaired) electrons. The molecule has 0 fully saturated rings. The molecule has 0 aliphatic heterocycles. The highest BCUT2D eigenvalue weighted by Gasteiger charge is 2.15. The molecule has 4 nitrogen and oxygen atoms in total. The van der Waals surface area contributed by atoms with Crippen LogP contribution in [0.25, 0.3) is 0 Å². The molecule has 3 N–H and O–H groups in total. The summed E-state index contributed by atoms with van der Waals surface area (Å²) in [6, 6.07) is 3.09. The van der Waals surface area contributed by atoms with E-state index in [9.17, 15) is 14.3 Å². The predicted octanol–water partition coefficient (Wildman–Crippen LogP) is 2.47. The maximum absolute atomic E-state index is 13.3. The summed E-state index contributed by atoms with van der Waals surface area (Å²) in [5.41, 5.74) is 0.462. The normalized spacial score (nSPS) is 12.3. The molecule has 0 heterocycles. The van der Waals surface area contributed by atoms with E-state index in [1.54, 1.807) is 6.07 Å². The summed E-state index contributed by atoms with van der Waals surface area (Å²) >= 11 is 5.58. The van der Waals surface area contributed by atoms with Crippen molar-refractivity contribution >= 4 is 17.6 Å². The lowest BCUT2D eigenvalue weighted by molar-refractivity contribution is 0.216. The summed E-state index contributed by atoms with van der Waals surface area (Å²) < 4.78 is 13.3. The van der Waals surface area contributed by atoms with Gasteiger partial charge in [-0.1, -0.05) is 31.5 Å². The summed E-state index contributed by atoms with van der Waals surface area (Å²) in [6.07, 6.45) is 0. The number of aliphatic hydroxyl groups is 1. The van der Waals surface area contributed by atoms with Gasteiger partial charge in [0.25, 0.3) is 0 Å². The van der Waals surface area contributed by atoms with Gasteiger partial charge in [-0.05, 0) is 23.6 Å². The molecule has 1 unspecified atom stereocenters. The van der Waals surface area contributed by atoms with E-state index in [4.69, 9.17) is 11.6 Å². The lowest BCUT2D eigenvalue weighted by Crippen LogP contribution is -2.40. The van der Waals surface area contributed by atoms with Crippen LogP contribution in [-0.2, 0) is 0 Å². The van der Waals surface area contributed by atoms with Crippen molar-refractivity contribution in [1.29, 1.82) is 0 Å². The standard InChI is InChI=1S/C13H18ClFN2O2/c1-8(2)6-16-13(19)17-12(7-18)9-3-4-10(14)11(15)5-9/h3-5,8,12,18H,6-7H2,1-2H3,(H2,16,17,19). The smallest absolute Gasteiger partial charge is 0.315 e. The van der Waals surface area contributed by atoms with Crippen molar-refractivity contribution < 1.29 is 14.3 Å². The van der Waals surface area contributed by atoms with Gasteiger partial charge in [0.15, 0.2) is 0 Å². The van der Waals surface area contributed by atoms with Crippen molar-refractivity contribution in [3.05, 3.63) is 34.6 Å². The lowest BCUT2D eigenvalue weighted by atomic mass is 10.1. The van der Waals surface area contributed by atoms with Gasteiger partial charge in [0.2, 0.25) is 0 Å². The maximum atomic E-state index is 13.3. The number of carbonyl (C=O) groups is 1. The lowest BCUT2D eigenvalue weighted by Gasteiger charge is -2.18. The molecule has 0 bridgehead atoms. The van der Waals surface area contributed by atoms with Crippen molar-refractivity contribution in [2.24, 2.45) is 5.92 Å². The van der Waals surface area contributed by atoms with Crippen LogP contribution in [0.2, 0.25) is 5.02 Å². The molecule has 0 saturated heterocycles. The highest BCUT2D eigenvalue weighted by Crippen LogP contribution is 2.20. The third-order valence-electron chi connectivity index (χ3n) is 2.50. The average molecular weight is 289 g/mol. The van der Waals surface area contributed by atoms with E-state index in [2.05, 4.69) is 10.6 Å². The van der Waals surface area contributed by atoms with Crippen LogP contribution in [0.15, 0.2) is 18.2 Å². The monoisotopic (exact) mass is 288 g/mol. The number of amides is 2. The Balaban J connectivity index is 2.67. The zero-order valence-corrected chi connectivity index (χ0v) is 11.7. The molecule has 2 amide bonds. The minimum Gasteiger partial charge on any atom is -0.394 e. The molecular weight excluding hydrogens is 271 g/mol. The number of nitrogens with one attached hydrogen (secondary N) is 2. The van der Waals surface area contributed by atoms with Crippen LogP contribution >= 0.6 is 11.6 Å². The predicted molar refractivity (Wildman–Crippen MR) is 72.6 cm³/mol. The van der Waals surface area contributed by atoms with E-state index in [0.29, 0.717) is 18.0 Å². The second kappa shape index (κ2) is 7.31. The van der Waals surface area contributed by atoms with E-state index in [1.165, 1.54) is 12.1 Å². The molecule has 0 spiro atoms. The van der Waals surface area contributed by atoms with E-state index in [-0.39, 0.29) is 11.6 Å². The number of carbonyl (C=O) groups excluding carboxylic acids is 1. The van der Waals surface area contributed by atoms with Gasteiger partial charge in [0.1, 0.15) is 5.82 Å². The fourth-order valence-electron chi connectivity index (χ4n) is 1.47. The van der Waals surface area contributed by atoms with Crippen LogP contribution in [-0.4, -0.2) is 24.3 Å². The van der Waals surface area contributed by atoms with Crippen molar-refractivity contribution in [2.75, 3.05) is 13.2 Å². The summed E-state index contributed by atoms with van der Waals surface area (Å²) in [6.45, 7) is 4.14. The van der Waals surface area contributed by atoms with Gasteiger partial charge in [-0.15, -0.1) is 0 Å². The Kier molecular flexibility index (Phi) is 6.05. The molecule has 1 atom stereocenters. The Morgan fingerprint density at radius 1 is 1.47 bits per heavy atom. The topological polar surface area (TPSA) is 61.4 Å². The van der Waals surface area contributed by atoms with Crippen LogP contribution in [0.3, 0.4) is 0 Å². The molecule has 1 rings (SSSR count). The number of hydrogen-bond acceptors (Lipinski definition) is 2. The first-order valence-electron chi connectivity index (χ1n) is 6.04. The van der Waals surface area contributed by atoms with Crippen LogP contribution in [0.4, 0.5) is 9.18 Å². The van der Waals surface area contributed by atoms with Gasteiger partial charge in [-0.2, -0.15) is 0 Å². The van der Waals surface area contributed by atoms with Crippen molar-refractivity contribution in [3.63, 3.8) is 0 Å². The SMILES string of the molecule is CC(C)CNC(=O)NC(CO)c1ccc(Cl)c(F)c1. The van der Waals surface area contributed by atoms with Gasteiger partial charge < -0.3 is 15.7 Å². The van der Waals surface area contributed by atoms with Crippen LogP contribution < -0.4 is 10.6 Å². The van der Waals surface area contributed by atoms with E-state index in [1.807, 2.05) is 13.8 Å². The molecule has 0 saturated carbocycles. The molecular formula is C13H18ClFN2O2. The third kappa shape index (κ3) is 5.04. The van der Waals surface area contributed by atoms with Gasteiger partial charge in [-0.3, -0.25) is 0 Å². The zero-order chi connectivity index (χ0) is 14.4. The average Bonchev–Trinajstić information content (AvgIpc) is 2.37. The molecule has 0 aliphatic rings. The van der Waals surface area contributed by atoms with Crippen molar-refractivity contribution in [3.8, 4) is 0 Å². The van der Waals surface area contributed by atoms with Crippen molar-refractivity contribution in [1.82, 2.24) is 10.6 Å². The maximum Gasteiger partial charge on any atom is 0.315 e. The molecule has 0 aromatic heterocycles. The first-order valence-corrected chi connectivity index (χ1v) is 6.42. The van der Waals surface area contributed by atoms with Crippen molar-refractivity contribution in [2.45, 2.75) is 19.9 Å². The van der Waals surface area contributed by atoms with Crippen LogP contribution in [0.1, 0.15) is 25.5 Å². The van der Waals surface area contributed by atoms with Gasteiger partial charge in [-0.25, -0.2) is 9.18 Å². The summed E-state index contributed by atoms with van der Waals surface area (Å²) in [5.74, 6) is -0.256. The molecule has 1 aromatic carbocycles. The van der Waals surface area contributed by atoms with Gasteiger partial charge in [0.05, 0.1) is 17.7 Å². The Hall–Kier alpha value is -1.33. The molecule has 0 aliphatic carbocycles. The van der Waals surface area contributed by atoms with E-state index in [0.717, 1.165) is 0 Å². The number of halogens is 2. The summed E-state index contributed by atoms with van der Waals surface area (Å²) in [7, 11) is 0. The number of benzene rings is 1. The number of aliphatic hydroxyl groups excluding tert-OH is 1. The second-order valence-electron chi connectivity index (χ2n) is 4.66. The zero-order valence-electron chi connectivity index (χ0n) is 10.9. The van der Waals surface area contributed by atoms with E-state index >= 15 is 0 Å². The summed E-state index contributed by atoms with van der Waals surface area (Å²) in [5, 5.41) is 14.5. The number of rotatable bonds is 5. The Labute approximate surface area is 117 Å². The first kappa shape index (κ1) is 15.7. The third-order valence-corrected chi connectivity index (χ3v) is 2.81. The van der Waals surface area contributed by atoms with Gasteiger partial charge >= 0.3 is 6.03 Å². The van der Waals surface area contributed by atoms with E-state index < -0.39 is 17.9 Å². The highest BCUT2D eigenvalue weighted by molar-refractivity contribution is 6.30. The molecule has 19 heavy (non-hydrogen) atoms. The minimum atomic E-state index is -0.668. The number of urea groups is 1. The number of hydrogen-bond donors (Lipinski definition) is 3. The second-order valence-corrected chi connectivity index (χ2v) is 5.06. The molecule has 6 heteroatoms. The fourth-order valence-corrected chi connectivity index (χ4v) is 1.59. The van der Waals surface area contributed by atoms with Gasteiger partial charge in [0, 0.05) is 6.54 Å². The largest absolute Gasteiger partial charge is 0.394 e. The Morgan fingerprint density at radius 2 is 2.16 bits per heavy atom. The Bertz CT molecular complexity index is 441. The first-order chi connectivity index (χ1) is 8.93. The van der Waals surface area contributed by atoms with Crippen LogP contribution in [0, 0.1) is 11.7 Å². The quantitative estimate of drug-likeness (QED) is 0.779. The molecule has 106 valence electrons. The van der Waals surface area contributed by atoms with Crippen LogP contribution in [0.5, 0.6) is 0 Å². The molecule has 1 aromatic rings. The summed E-state index contributed by atoms with van der Waals surface area (Å²) in [4.78, 5) is 11.6. The minimum absolute atomic E-state index is 0.00435. The highest BCUT2D eigenvalue weighted by atomic mass is 35.5.